The van der Waals surface area contributed by atoms with Crippen LogP contribution in [0.5, 0.6) is 0 Å². The number of amides is 2. The van der Waals surface area contributed by atoms with Crippen molar-refractivity contribution in [2.75, 3.05) is 19.6 Å². The summed E-state index contributed by atoms with van der Waals surface area (Å²) in [6.07, 6.45) is 5.48. The van der Waals surface area contributed by atoms with E-state index in [4.69, 9.17) is 0 Å². The second kappa shape index (κ2) is 9.19. The zero-order valence-corrected chi connectivity index (χ0v) is 18.9. The van der Waals surface area contributed by atoms with E-state index in [2.05, 4.69) is 54.4 Å². The van der Waals surface area contributed by atoms with Gasteiger partial charge < -0.3 is 10.4 Å². The highest BCUT2D eigenvalue weighted by Gasteiger charge is 2.48. The van der Waals surface area contributed by atoms with Crippen LogP contribution < -0.4 is 5.32 Å². The highest BCUT2D eigenvalue weighted by atomic mass is 16.4. The molecular weight excluding hydrogens is 390 g/mol. The van der Waals surface area contributed by atoms with Crippen LogP contribution in [0.15, 0.2) is 30.3 Å². The van der Waals surface area contributed by atoms with Crippen molar-refractivity contribution in [2.45, 2.75) is 70.5 Å². The van der Waals surface area contributed by atoms with Gasteiger partial charge >= 0.3 is 6.09 Å². The van der Waals surface area contributed by atoms with Gasteiger partial charge in [-0.05, 0) is 69.0 Å². The molecule has 170 valence electrons. The zero-order chi connectivity index (χ0) is 22.0. The van der Waals surface area contributed by atoms with Crippen LogP contribution in [-0.2, 0) is 11.2 Å². The smallest absolute Gasteiger partial charge is 0.408 e. The molecule has 2 heterocycles. The normalized spacial score (nSPS) is 28.0. The van der Waals surface area contributed by atoms with Gasteiger partial charge in [0.2, 0.25) is 5.91 Å². The minimum absolute atomic E-state index is 0.0253. The molecule has 6 heteroatoms. The molecule has 2 amide bonds. The molecule has 0 spiro atoms. The second-order valence-corrected chi connectivity index (χ2v) is 10.1. The quantitative estimate of drug-likeness (QED) is 0.721. The van der Waals surface area contributed by atoms with Gasteiger partial charge in [0.05, 0.1) is 0 Å². The van der Waals surface area contributed by atoms with Gasteiger partial charge in [0.25, 0.3) is 0 Å². The molecule has 1 aliphatic carbocycles. The maximum absolute atomic E-state index is 12.5. The van der Waals surface area contributed by atoms with Crippen molar-refractivity contribution in [1.29, 1.82) is 0 Å². The fourth-order valence-corrected chi connectivity index (χ4v) is 5.71. The molecule has 1 saturated carbocycles. The van der Waals surface area contributed by atoms with Crippen LogP contribution >= 0.6 is 0 Å². The molecular formula is C25H37N3O3. The maximum Gasteiger partial charge on any atom is 0.408 e. The summed E-state index contributed by atoms with van der Waals surface area (Å²) in [6, 6.07) is 10.7. The summed E-state index contributed by atoms with van der Waals surface area (Å²) < 4.78 is 0. The van der Waals surface area contributed by atoms with Gasteiger partial charge in [0.15, 0.2) is 0 Å². The molecule has 3 fully saturated rings. The summed E-state index contributed by atoms with van der Waals surface area (Å²) in [5.74, 6) is 1.21. The Labute approximate surface area is 186 Å². The molecule has 0 bridgehead atoms. The Morgan fingerprint density at radius 2 is 1.77 bits per heavy atom. The van der Waals surface area contributed by atoms with Crippen LogP contribution in [0.25, 0.3) is 0 Å². The first-order valence-electron chi connectivity index (χ1n) is 12.0. The van der Waals surface area contributed by atoms with Crippen LogP contribution in [0.1, 0.15) is 57.9 Å². The van der Waals surface area contributed by atoms with Crippen molar-refractivity contribution < 1.29 is 14.7 Å². The molecule has 1 aromatic rings. The van der Waals surface area contributed by atoms with Crippen molar-refractivity contribution in [2.24, 2.45) is 17.8 Å². The lowest BCUT2D eigenvalue weighted by Crippen LogP contribution is -2.66. The fourth-order valence-electron chi connectivity index (χ4n) is 5.71. The standard InChI is InChI=1S/C25H37N3O3/c1-18(2)25(27-13-10-20(11-14-27)16-19-6-4-3-5-7-19)12-15-28(24(30)31)22(17-25)26-23(29)21-8-9-21/h3-7,18,20-22H,8-17H2,1-2H3,(H,26,29)(H,30,31). The van der Waals surface area contributed by atoms with Crippen LogP contribution in [0.2, 0.25) is 0 Å². The predicted octanol–water partition coefficient (Wildman–Crippen LogP) is 3.96. The monoisotopic (exact) mass is 427 g/mol. The minimum atomic E-state index is -0.931. The van der Waals surface area contributed by atoms with Gasteiger partial charge in [-0.15, -0.1) is 0 Å². The van der Waals surface area contributed by atoms with Gasteiger partial charge in [-0.1, -0.05) is 44.2 Å². The number of nitrogens with zero attached hydrogens (tertiary/aromatic N) is 2. The average Bonchev–Trinajstić information content (AvgIpc) is 3.60. The Hall–Kier alpha value is -2.08. The van der Waals surface area contributed by atoms with Gasteiger partial charge in [0.1, 0.15) is 6.17 Å². The highest BCUT2D eigenvalue weighted by molar-refractivity contribution is 5.81. The Balaban J connectivity index is 1.44. The molecule has 4 rings (SSSR count). The van der Waals surface area contributed by atoms with Crippen molar-refractivity contribution in [3.63, 3.8) is 0 Å². The molecule has 31 heavy (non-hydrogen) atoms. The first-order chi connectivity index (χ1) is 14.9. The van der Waals surface area contributed by atoms with Gasteiger partial charge in [-0.25, -0.2) is 4.79 Å². The predicted molar refractivity (Wildman–Crippen MR) is 121 cm³/mol. The summed E-state index contributed by atoms with van der Waals surface area (Å²) in [4.78, 5) is 28.4. The summed E-state index contributed by atoms with van der Waals surface area (Å²) in [5, 5.41) is 12.8. The van der Waals surface area contributed by atoms with E-state index in [9.17, 15) is 14.7 Å². The van der Waals surface area contributed by atoms with E-state index in [1.165, 1.54) is 23.3 Å². The fraction of sp³-hybridized carbons (Fsp3) is 0.680. The topological polar surface area (TPSA) is 72.9 Å². The Bertz CT molecular complexity index is 771. The molecule has 6 nitrogen and oxygen atoms in total. The molecule has 0 aromatic heterocycles. The number of benzene rings is 1. The first kappa shape index (κ1) is 22.1. The van der Waals surface area contributed by atoms with Gasteiger partial charge in [0, 0.05) is 24.4 Å². The number of hydrogen-bond donors (Lipinski definition) is 2. The van der Waals surface area contributed by atoms with E-state index in [1.807, 2.05) is 0 Å². The second-order valence-electron chi connectivity index (χ2n) is 10.1. The van der Waals surface area contributed by atoms with E-state index in [1.54, 1.807) is 0 Å². The third-order valence-corrected chi connectivity index (χ3v) is 7.90. The molecule has 2 aliphatic heterocycles. The zero-order valence-electron chi connectivity index (χ0n) is 18.9. The van der Waals surface area contributed by atoms with E-state index >= 15 is 0 Å². The number of carbonyl (C=O) groups is 2. The van der Waals surface area contributed by atoms with Crippen LogP contribution in [-0.4, -0.2) is 58.2 Å². The van der Waals surface area contributed by atoms with Crippen LogP contribution in [0.4, 0.5) is 4.79 Å². The number of carboxylic acid groups (broad SMARTS) is 1. The van der Waals surface area contributed by atoms with Crippen LogP contribution in [0, 0.1) is 17.8 Å². The van der Waals surface area contributed by atoms with Gasteiger partial charge in [-0.2, -0.15) is 0 Å². The Kier molecular flexibility index (Phi) is 6.56. The summed E-state index contributed by atoms with van der Waals surface area (Å²) >= 11 is 0. The minimum Gasteiger partial charge on any atom is -0.465 e. The lowest BCUT2D eigenvalue weighted by Gasteiger charge is -2.55. The Morgan fingerprint density at radius 1 is 1.10 bits per heavy atom. The molecule has 2 atom stereocenters. The summed E-state index contributed by atoms with van der Waals surface area (Å²) in [7, 11) is 0. The van der Waals surface area contributed by atoms with Crippen molar-refractivity contribution in [1.82, 2.24) is 15.1 Å². The SMILES string of the molecule is CC(C)C1(N2CCC(Cc3ccccc3)CC2)CCN(C(=O)O)C(NC(=O)C2CC2)C1. The van der Waals surface area contributed by atoms with Crippen molar-refractivity contribution >= 4 is 12.0 Å². The third kappa shape index (κ3) is 4.89. The van der Waals surface area contributed by atoms with E-state index in [0.717, 1.165) is 38.8 Å². The van der Waals surface area contributed by atoms with E-state index < -0.39 is 12.3 Å². The number of rotatable bonds is 6. The highest BCUT2D eigenvalue weighted by Crippen LogP contribution is 2.41. The molecule has 1 aromatic carbocycles. The number of nitrogens with one attached hydrogen (secondary N) is 1. The number of carbonyl (C=O) groups excluding carboxylic acids is 1. The van der Waals surface area contributed by atoms with E-state index in [-0.39, 0.29) is 17.4 Å². The van der Waals surface area contributed by atoms with Gasteiger partial charge in [-0.3, -0.25) is 14.6 Å². The third-order valence-electron chi connectivity index (χ3n) is 7.90. The molecule has 3 aliphatic rings. The molecule has 2 N–H and O–H groups in total. The van der Waals surface area contributed by atoms with Crippen LogP contribution in [0.3, 0.4) is 0 Å². The summed E-state index contributed by atoms with van der Waals surface area (Å²) in [5.41, 5.74) is 1.35. The largest absolute Gasteiger partial charge is 0.465 e. The number of likely N-dealkylation sites (tertiary alicyclic amines) is 2. The molecule has 2 unspecified atom stereocenters. The van der Waals surface area contributed by atoms with E-state index in [0.29, 0.717) is 24.8 Å². The maximum atomic E-state index is 12.5. The average molecular weight is 428 g/mol. The molecule has 0 radical (unpaired) electrons. The number of hydrogen-bond acceptors (Lipinski definition) is 3. The van der Waals surface area contributed by atoms with Crippen molar-refractivity contribution in [3.05, 3.63) is 35.9 Å². The van der Waals surface area contributed by atoms with Crippen molar-refractivity contribution in [3.8, 4) is 0 Å². The first-order valence-corrected chi connectivity index (χ1v) is 12.0. The summed E-state index contributed by atoms with van der Waals surface area (Å²) in [6.45, 7) is 7.09. The Morgan fingerprint density at radius 3 is 2.35 bits per heavy atom. The molecule has 2 saturated heterocycles. The number of piperidine rings is 2. The lowest BCUT2D eigenvalue weighted by molar-refractivity contribution is -0.126. The lowest BCUT2D eigenvalue weighted by atomic mass is 9.73.